The number of amides is 1. The number of hydrogen-bond acceptors (Lipinski definition) is 5. The molecule has 3 heterocycles. The Labute approximate surface area is 234 Å². The summed E-state index contributed by atoms with van der Waals surface area (Å²) in [6.45, 7) is 5.09. The molecule has 1 saturated carbocycles. The average molecular weight is 532 g/mol. The molecule has 2 fully saturated rings. The fourth-order valence-electron chi connectivity index (χ4n) is 7.78. The second kappa shape index (κ2) is 11.4. The van der Waals surface area contributed by atoms with Gasteiger partial charge in [-0.05, 0) is 86.5 Å². The summed E-state index contributed by atoms with van der Waals surface area (Å²) < 4.78 is 11.3. The second-order valence-electron chi connectivity index (χ2n) is 12.2. The fraction of sp³-hybridized carbons (Fsp3) is 0.606. The number of nitrogens with one attached hydrogen (secondary N) is 1. The van der Waals surface area contributed by atoms with Crippen LogP contribution in [0.3, 0.4) is 0 Å². The predicted molar refractivity (Wildman–Crippen MR) is 156 cm³/mol. The quantitative estimate of drug-likeness (QED) is 0.467. The van der Waals surface area contributed by atoms with Crippen molar-refractivity contribution in [2.75, 3.05) is 52.3 Å². The summed E-state index contributed by atoms with van der Waals surface area (Å²) in [6, 6.07) is 13.2. The number of carbonyl (C=O) groups is 1. The lowest BCUT2D eigenvalue weighted by Gasteiger charge is -2.42. The van der Waals surface area contributed by atoms with Gasteiger partial charge in [0.05, 0.1) is 20.3 Å². The first-order chi connectivity index (χ1) is 19.1. The molecule has 6 nitrogen and oxygen atoms in total. The lowest BCUT2D eigenvalue weighted by Crippen LogP contribution is -2.46. The number of hydrogen-bond donors (Lipinski definition) is 1. The highest BCUT2D eigenvalue weighted by atomic mass is 16.5. The van der Waals surface area contributed by atoms with E-state index in [2.05, 4.69) is 51.5 Å². The van der Waals surface area contributed by atoms with Gasteiger partial charge in [-0.25, -0.2) is 0 Å². The van der Waals surface area contributed by atoms with Gasteiger partial charge in [0.25, 0.3) is 0 Å². The Morgan fingerprint density at radius 3 is 2.44 bits per heavy atom. The summed E-state index contributed by atoms with van der Waals surface area (Å²) >= 11 is 0. The van der Waals surface area contributed by atoms with E-state index >= 15 is 0 Å². The van der Waals surface area contributed by atoms with Crippen molar-refractivity contribution < 1.29 is 14.3 Å². The normalized spacial score (nSPS) is 23.0. The van der Waals surface area contributed by atoms with Crippen LogP contribution in [0, 0.1) is 5.92 Å². The van der Waals surface area contributed by atoms with E-state index in [4.69, 9.17) is 9.47 Å². The number of fused-ring (bicyclic) bond motifs is 3. The predicted octanol–water partition coefficient (Wildman–Crippen LogP) is 5.95. The van der Waals surface area contributed by atoms with Crippen LogP contribution < -0.4 is 14.8 Å². The molecule has 6 rings (SSSR count). The number of methoxy groups -OCH3 is 2. The van der Waals surface area contributed by atoms with Gasteiger partial charge in [-0.3, -0.25) is 4.79 Å². The SMILES string of the molecule is COc1cc2c(cc1OC)C(CCN1CCC3(CC1)CNc1ccccc13)N(C(=O)C1CCCCCC1)CC2. The van der Waals surface area contributed by atoms with Crippen LogP contribution in [0.15, 0.2) is 36.4 Å². The van der Waals surface area contributed by atoms with Gasteiger partial charge in [0, 0.05) is 36.7 Å². The number of ether oxygens (including phenoxy) is 2. The number of para-hydroxylation sites is 1. The molecule has 1 unspecified atom stereocenters. The van der Waals surface area contributed by atoms with E-state index in [0.717, 1.165) is 69.9 Å². The zero-order valence-electron chi connectivity index (χ0n) is 23.8. The number of rotatable bonds is 6. The molecule has 1 spiro atoms. The molecule has 0 radical (unpaired) electrons. The number of carbonyl (C=O) groups excluding carboxylic acids is 1. The number of anilines is 1. The molecule has 210 valence electrons. The highest BCUT2D eigenvalue weighted by Crippen LogP contribution is 2.45. The minimum Gasteiger partial charge on any atom is -0.493 e. The third kappa shape index (κ3) is 5.13. The molecule has 2 aromatic carbocycles. The van der Waals surface area contributed by atoms with Gasteiger partial charge in [0.1, 0.15) is 0 Å². The maximum Gasteiger partial charge on any atom is 0.226 e. The Bertz CT molecular complexity index is 1160. The maximum absolute atomic E-state index is 14.0. The van der Waals surface area contributed by atoms with Crippen LogP contribution in [0.2, 0.25) is 0 Å². The molecule has 4 aliphatic rings. The van der Waals surface area contributed by atoms with Crippen molar-refractivity contribution in [3.05, 3.63) is 53.1 Å². The van der Waals surface area contributed by atoms with E-state index in [0.29, 0.717) is 5.91 Å². The number of benzene rings is 2. The van der Waals surface area contributed by atoms with Crippen LogP contribution >= 0.6 is 0 Å². The molecule has 2 aromatic rings. The first-order valence-corrected chi connectivity index (χ1v) is 15.2. The summed E-state index contributed by atoms with van der Waals surface area (Å²) in [4.78, 5) is 18.9. The van der Waals surface area contributed by atoms with Gasteiger partial charge in [-0.2, -0.15) is 0 Å². The molecule has 0 aromatic heterocycles. The van der Waals surface area contributed by atoms with E-state index in [1.54, 1.807) is 14.2 Å². The maximum atomic E-state index is 14.0. The van der Waals surface area contributed by atoms with Gasteiger partial charge in [0.15, 0.2) is 11.5 Å². The standard InChI is InChI=1S/C33H45N3O3/c1-38-30-21-25-13-18-36(32(37)24-9-5-3-4-6-10-24)29(26(25)22-31(30)39-2)14-17-35-19-15-33(16-20-35)23-34-28-12-8-7-11-27(28)33/h7-8,11-12,21-22,24,29,34H,3-6,9-10,13-20,23H2,1-2H3. The van der Waals surface area contributed by atoms with Gasteiger partial charge >= 0.3 is 0 Å². The van der Waals surface area contributed by atoms with Crippen molar-refractivity contribution in [3.8, 4) is 11.5 Å². The number of likely N-dealkylation sites (tertiary alicyclic amines) is 1. The van der Waals surface area contributed by atoms with E-state index in [-0.39, 0.29) is 17.4 Å². The number of nitrogens with zero attached hydrogens (tertiary/aromatic N) is 2. The Morgan fingerprint density at radius 1 is 0.974 bits per heavy atom. The minimum atomic E-state index is 0.0917. The van der Waals surface area contributed by atoms with Crippen molar-refractivity contribution in [2.24, 2.45) is 5.92 Å². The van der Waals surface area contributed by atoms with Crippen molar-refractivity contribution in [1.82, 2.24) is 9.80 Å². The Hall–Kier alpha value is -2.73. The van der Waals surface area contributed by atoms with Crippen molar-refractivity contribution in [2.45, 2.75) is 75.7 Å². The first-order valence-electron chi connectivity index (χ1n) is 15.2. The lowest BCUT2D eigenvalue weighted by atomic mass is 9.74. The van der Waals surface area contributed by atoms with Gasteiger partial charge in [-0.15, -0.1) is 0 Å². The summed E-state index contributed by atoms with van der Waals surface area (Å²) in [5.41, 5.74) is 5.65. The van der Waals surface area contributed by atoms with Gasteiger partial charge in [-0.1, -0.05) is 43.9 Å². The Kier molecular flexibility index (Phi) is 7.75. The van der Waals surface area contributed by atoms with Crippen molar-refractivity contribution in [3.63, 3.8) is 0 Å². The van der Waals surface area contributed by atoms with Crippen LogP contribution in [-0.4, -0.2) is 62.7 Å². The molecular weight excluding hydrogens is 486 g/mol. The largest absolute Gasteiger partial charge is 0.493 e. The van der Waals surface area contributed by atoms with E-state index < -0.39 is 0 Å². The van der Waals surface area contributed by atoms with Crippen LogP contribution in [0.25, 0.3) is 0 Å². The highest BCUT2D eigenvalue weighted by molar-refractivity contribution is 5.80. The zero-order valence-corrected chi connectivity index (χ0v) is 23.8. The molecule has 0 bridgehead atoms. The minimum absolute atomic E-state index is 0.0917. The van der Waals surface area contributed by atoms with Crippen molar-refractivity contribution >= 4 is 11.6 Å². The molecule has 1 atom stereocenters. The molecule has 1 N–H and O–H groups in total. The smallest absolute Gasteiger partial charge is 0.226 e. The second-order valence-corrected chi connectivity index (χ2v) is 12.2. The summed E-state index contributed by atoms with van der Waals surface area (Å²) in [5.74, 6) is 2.11. The van der Waals surface area contributed by atoms with Crippen molar-refractivity contribution in [1.29, 1.82) is 0 Å². The fourth-order valence-corrected chi connectivity index (χ4v) is 7.78. The third-order valence-electron chi connectivity index (χ3n) is 10.1. The molecular formula is C33H45N3O3. The summed E-state index contributed by atoms with van der Waals surface area (Å²) in [5, 5.41) is 3.66. The highest BCUT2D eigenvalue weighted by Gasteiger charge is 2.42. The first kappa shape index (κ1) is 26.5. The molecule has 1 aliphatic carbocycles. The van der Waals surface area contributed by atoms with E-state index in [1.165, 1.54) is 60.9 Å². The molecule has 1 amide bonds. The molecule has 1 saturated heterocycles. The topological polar surface area (TPSA) is 54.0 Å². The van der Waals surface area contributed by atoms with Crippen LogP contribution in [0.4, 0.5) is 5.69 Å². The average Bonchev–Trinajstić information content (AvgIpc) is 3.13. The van der Waals surface area contributed by atoms with Gasteiger partial charge < -0.3 is 24.6 Å². The van der Waals surface area contributed by atoms with Crippen LogP contribution in [-0.2, 0) is 16.6 Å². The van der Waals surface area contributed by atoms with Crippen LogP contribution in [0.5, 0.6) is 11.5 Å². The monoisotopic (exact) mass is 531 g/mol. The zero-order chi connectivity index (χ0) is 26.8. The summed E-state index contributed by atoms with van der Waals surface area (Å²) in [7, 11) is 3.41. The molecule has 39 heavy (non-hydrogen) atoms. The summed E-state index contributed by atoms with van der Waals surface area (Å²) in [6.07, 6.45) is 11.2. The van der Waals surface area contributed by atoms with E-state index in [9.17, 15) is 4.79 Å². The molecule has 6 heteroatoms. The Balaban J connectivity index is 1.20. The van der Waals surface area contributed by atoms with E-state index in [1.807, 2.05) is 0 Å². The molecule has 3 aliphatic heterocycles. The Morgan fingerprint density at radius 2 is 1.69 bits per heavy atom. The third-order valence-corrected chi connectivity index (χ3v) is 10.1. The lowest BCUT2D eigenvalue weighted by molar-refractivity contribution is -0.139. The van der Waals surface area contributed by atoms with Crippen LogP contribution in [0.1, 0.15) is 80.5 Å². The number of piperidine rings is 1. The van der Waals surface area contributed by atoms with Gasteiger partial charge in [0.2, 0.25) is 5.91 Å².